The van der Waals surface area contributed by atoms with Gasteiger partial charge in [-0.3, -0.25) is 0 Å². The van der Waals surface area contributed by atoms with Crippen LogP contribution in [-0.2, 0) is 12.8 Å². The summed E-state index contributed by atoms with van der Waals surface area (Å²) >= 11 is 0. The van der Waals surface area contributed by atoms with Crippen molar-refractivity contribution in [1.29, 1.82) is 0 Å². The number of hydrogen-bond donors (Lipinski definition) is 0. The molecule has 2 aliphatic carbocycles. The molecule has 1 fully saturated rings. The molecule has 0 amide bonds. The average Bonchev–Trinajstić information content (AvgIpc) is 2.94. The van der Waals surface area contributed by atoms with Gasteiger partial charge in [-0.1, -0.05) is 87.9 Å². The molecule has 202 valence electrons. The smallest absolute Gasteiger partial charge is 0.165 e. The van der Waals surface area contributed by atoms with E-state index in [2.05, 4.69) is 43.3 Å². The Morgan fingerprint density at radius 1 is 0.757 bits per heavy atom. The van der Waals surface area contributed by atoms with E-state index in [1.165, 1.54) is 75.3 Å². The first-order valence-corrected chi connectivity index (χ1v) is 15.3. The first-order chi connectivity index (χ1) is 18.2. The lowest BCUT2D eigenvalue weighted by Gasteiger charge is -2.35. The van der Waals surface area contributed by atoms with Crippen LogP contribution in [-0.4, -0.2) is 6.61 Å². The number of benzene rings is 2. The molecule has 0 aromatic heterocycles. The molecular weight excluding hydrogens is 455 g/mol. The van der Waals surface area contributed by atoms with E-state index in [4.69, 9.17) is 4.74 Å². The van der Waals surface area contributed by atoms with Gasteiger partial charge in [-0.05, 0) is 105 Å². The second-order valence-corrected chi connectivity index (χ2v) is 11.7. The minimum absolute atomic E-state index is 0.247. The van der Waals surface area contributed by atoms with E-state index in [9.17, 15) is 4.39 Å². The summed E-state index contributed by atoms with van der Waals surface area (Å²) in [7, 11) is 0. The Morgan fingerprint density at radius 2 is 1.49 bits per heavy atom. The number of allylic oxidation sites excluding steroid dienone is 2. The maximum absolute atomic E-state index is 14.1. The van der Waals surface area contributed by atoms with Gasteiger partial charge in [-0.2, -0.15) is 0 Å². The van der Waals surface area contributed by atoms with Crippen LogP contribution in [0.5, 0.6) is 5.75 Å². The lowest BCUT2D eigenvalue weighted by atomic mass is 9.70. The van der Waals surface area contributed by atoms with Crippen LogP contribution in [0.2, 0.25) is 0 Å². The summed E-state index contributed by atoms with van der Waals surface area (Å²) in [6.07, 6.45) is 23.5. The second-order valence-electron chi connectivity index (χ2n) is 11.7. The summed E-state index contributed by atoms with van der Waals surface area (Å²) in [5.41, 5.74) is 3.94. The number of unbranched alkanes of at least 4 members (excludes halogenated alkanes) is 3. The van der Waals surface area contributed by atoms with E-state index in [1.807, 2.05) is 13.0 Å². The number of ether oxygens (including phenoxy) is 1. The zero-order valence-electron chi connectivity index (χ0n) is 23.4. The first kappa shape index (κ1) is 27.9. The summed E-state index contributed by atoms with van der Waals surface area (Å²) < 4.78 is 19.3. The molecule has 0 bridgehead atoms. The third kappa shape index (κ3) is 8.45. The van der Waals surface area contributed by atoms with E-state index in [0.717, 1.165) is 49.0 Å². The highest BCUT2D eigenvalue weighted by Crippen LogP contribution is 2.41. The normalized spacial score (nSPS) is 23.8. The third-order valence-corrected chi connectivity index (χ3v) is 9.00. The van der Waals surface area contributed by atoms with Crippen molar-refractivity contribution in [3.63, 3.8) is 0 Å². The Kier molecular flexibility index (Phi) is 11.1. The van der Waals surface area contributed by atoms with Gasteiger partial charge in [0.05, 0.1) is 6.61 Å². The van der Waals surface area contributed by atoms with Gasteiger partial charge in [0.15, 0.2) is 11.6 Å². The Bertz CT molecular complexity index is 954. The molecular formula is C35H49FO. The quantitative estimate of drug-likeness (QED) is 0.195. The fourth-order valence-corrected chi connectivity index (χ4v) is 6.66. The molecule has 0 heterocycles. The molecule has 4 rings (SSSR count). The molecule has 0 spiro atoms. The van der Waals surface area contributed by atoms with Crippen LogP contribution in [0, 0.1) is 23.6 Å². The van der Waals surface area contributed by atoms with Crippen molar-refractivity contribution >= 4 is 0 Å². The van der Waals surface area contributed by atoms with E-state index in [0.29, 0.717) is 18.3 Å². The first-order valence-electron chi connectivity index (χ1n) is 15.3. The van der Waals surface area contributed by atoms with Gasteiger partial charge >= 0.3 is 0 Å². The van der Waals surface area contributed by atoms with Crippen molar-refractivity contribution in [1.82, 2.24) is 0 Å². The standard InChI is InChI=1S/C35H49FO/c1-3-5-6-9-27-12-17-30(18-13-27)32-21-23-33(24-22-32)31-19-14-28(15-20-31)10-7-8-11-29-16-25-35(37-4-2)34(36)26-29/h14-16,19-21,23,25-27,30,32-33H,3-13,17-18,22,24H2,1-2H3. The summed E-state index contributed by atoms with van der Waals surface area (Å²) in [4.78, 5) is 0. The largest absolute Gasteiger partial charge is 0.491 e. The Balaban J connectivity index is 1.16. The molecule has 2 aromatic carbocycles. The molecule has 2 aromatic rings. The fourth-order valence-electron chi connectivity index (χ4n) is 6.66. The maximum Gasteiger partial charge on any atom is 0.165 e. The third-order valence-electron chi connectivity index (χ3n) is 9.00. The predicted octanol–water partition coefficient (Wildman–Crippen LogP) is 10.2. The van der Waals surface area contributed by atoms with Crippen molar-refractivity contribution in [2.75, 3.05) is 6.61 Å². The van der Waals surface area contributed by atoms with Crippen molar-refractivity contribution in [3.05, 3.63) is 77.1 Å². The van der Waals surface area contributed by atoms with E-state index in [-0.39, 0.29) is 5.82 Å². The maximum atomic E-state index is 14.1. The number of rotatable bonds is 13. The second kappa shape index (κ2) is 14.7. The Labute approximate surface area is 225 Å². The molecule has 0 saturated heterocycles. The van der Waals surface area contributed by atoms with Gasteiger partial charge in [0.25, 0.3) is 0 Å². The lowest BCUT2D eigenvalue weighted by Crippen LogP contribution is -2.23. The highest BCUT2D eigenvalue weighted by molar-refractivity contribution is 5.30. The van der Waals surface area contributed by atoms with E-state index < -0.39 is 0 Å². The van der Waals surface area contributed by atoms with Gasteiger partial charge in [0.1, 0.15) is 0 Å². The topological polar surface area (TPSA) is 9.23 Å². The van der Waals surface area contributed by atoms with E-state index in [1.54, 1.807) is 12.1 Å². The van der Waals surface area contributed by atoms with Crippen molar-refractivity contribution < 1.29 is 9.13 Å². The van der Waals surface area contributed by atoms with Crippen LogP contribution >= 0.6 is 0 Å². The van der Waals surface area contributed by atoms with Crippen molar-refractivity contribution in [3.8, 4) is 5.75 Å². The molecule has 2 aliphatic rings. The van der Waals surface area contributed by atoms with Crippen LogP contribution in [0.1, 0.15) is 114 Å². The molecule has 1 saturated carbocycles. The summed E-state index contributed by atoms with van der Waals surface area (Å²) in [5.74, 6) is 3.46. The predicted molar refractivity (Wildman–Crippen MR) is 155 cm³/mol. The number of halogens is 1. The highest BCUT2D eigenvalue weighted by atomic mass is 19.1. The van der Waals surface area contributed by atoms with Crippen molar-refractivity contribution in [2.24, 2.45) is 17.8 Å². The van der Waals surface area contributed by atoms with Crippen LogP contribution in [0.3, 0.4) is 0 Å². The molecule has 0 radical (unpaired) electrons. The fraction of sp³-hybridized carbons (Fsp3) is 0.600. The van der Waals surface area contributed by atoms with Gasteiger partial charge in [0.2, 0.25) is 0 Å². The average molecular weight is 505 g/mol. The minimum atomic E-state index is -0.247. The van der Waals surface area contributed by atoms with Crippen LogP contribution in [0.25, 0.3) is 0 Å². The monoisotopic (exact) mass is 504 g/mol. The molecule has 0 N–H and O–H groups in total. The minimum Gasteiger partial charge on any atom is -0.491 e. The molecule has 2 heteroatoms. The molecule has 2 unspecified atom stereocenters. The molecule has 1 nitrogen and oxygen atoms in total. The lowest BCUT2D eigenvalue weighted by molar-refractivity contribution is 0.207. The van der Waals surface area contributed by atoms with Gasteiger partial charge < -0.3 is 4.74 Å². The highest BCUT2D eigenvalue weighted by Gasteiger charge is 2.28. The number of aryl methyl sites for hydroxylation is 2. The summed E-state index contributed by atoms with van der Waals surface area (Å²) in [5, 5.41) is 0. The van der Waals surface area contributed by atoms with Gasteiger partial charge in [-0.15, -0.1) is 0 Å². The molecule has 37 heavy (non-hydrogen) atoms. The van der Waals surface area contributed by atoms with Gasteiger partial charge in [0, 0.05) is 5.92 Å². The Hall–Kier alpha value is -2.09. The van der Waals surface area contributed by atoms with Gasteiger partial charge in [-0.25, -0.2) is 4.39 Å². The van der Waals surface area contributed by atoms with Crippen LogP contribution in [0.15, 0.2) is 54.6 Å². The summed E-state index contributed by atoms with van der Waals surface area (Å²) in [6, 6.07) is 14.7. The van der Waals surface area contributed by atoms with Crippen LogP contribution < -0.4 is 4.74 Å². The van der Waals surface area contributed by atoms with E-state index >= 15 is 0 Å². The van der Waals surface area contributed by atoms with Crippen molar-refractivity contribution in [2.45, 2.75) is 110 Å². The number of hydrogen-bond acceptors (Lipinski definition) is 1. The Morgan fingerprint density at radius 3 is 2.14 bits per heavy atom. The zero-order valence-corrected chi connectivity index (χ0v) is 23.4. The molecule has 2 atom stereocenters. The molecule has 0 aliphatic heterocycles. The summed E-state index contributed by atoms with van der Waals surface area (Å²) in [6.45, 7) is 4.68. The van der Waals surface area contributed by atoms with Crippen LogP contribution in [0.4, 0.5) is 4.39 Å². The zero-order chi connectivity index (χ0) is 25.9. The SMILES string of the molecule is CCCCCC1CCC(C2C=CC(c3ccc(CCCCc4ccc(OCC)c(F)c4)cc3)CC2)CC1.